The summed E-state index contributed by atoms with van der Waals surface area (Å²) in [4.78, 5) is 13.6. The summed E-state index contributed by atoms with van der Waals surface area (Å²) in [5.41, 5.74) is 5.37. The van der Waals surface area contributed by atoms with E-state index in [4.69, 9.17) is 9.47 Å². The number of nitro groups is 1. The Balaban J connectivity index is 1.72. The van der Waals surface area contributed by atoms with Crippen LogP contribution in [0.5, 0.6) is 11.5 Å². The molecule has 0 fully saturated rings. The fourth-order valence-corrected chi connectivity index (χ4v) is 3.78. The van der Waals surface area contributed by atoms with Crippen LogP contribution in [-0.2, 0) is 19.6 Å². The quantitative estimate of drug-likeness (QED) is 0.492. The van der Waals surface area contributed by atoms with Crippen molar-refractivity contribution in [1.82, 2.24) is 15.1 Å². The van der Waals surface area contributed by atoms with Crippen molar-refractivity contribution >= 4 is 5.69 Å². The van der Waals surface area contributed by atoms with Crippen LogP contribution in [-0.4, -0.2) is 40.7 Å². The van der Waals surface area contributed by atoms with Crippen LogP contribution >= 0.6 is 0 Å². The zero-order valence-corrected chi connectivity index (χ0v) is 17.3. The van der Waals surface area contributed by atoms with Crippen LogP contribution in [0.1, 0.15) is 22.4 Å². The zero-order chi connectivity index (χ0) is 21.3. The van der Waals surface area contributed by atoms with Gasteiger partial charge in [-0.05, 0) is 25.6 Å². The summed E-state index contributed by atoms with van der Waals surface area (Å²) in [6, 6.07) is 11.1. The van der Waals surface area contributed by atoms with E-state index in [0.717, 1.165) is 41.9 Å². The number of nitro benzene ring substituents is 1. The molecule has 0 unspecified atom stereocenters. The van der Waals surface area contributed by atoms with Crippen LogP contribution in [0.4, 0.5) is 5.69 Å². The lowest BCUT2D eigenvalue weighted by atomic mass is 10.0. The third-order valence-corrected chi connectivity index (χ3v) is 5.32. The molecule has 1 aliphatic heterocycles. The minimum absolute atomic E-state index is 0.120. The topological polar surface area (TPSA) is 93.5 Å². The van der Waals surface area contributed by atoms with Crippen molar-refractivity contribution < 1.29 is 14.4 Å². The highest BCUT2D eigenvalue weighted by atomic mass is 16.6. The number of aryl methyl sites for hydroxylation is 1. The summed E-state index contributed by atoms with van der Waals surface area (Å²) in [5, 5.41) is 19.4. The first-order valence-electron chi connectivity index (χ1n) is 9.76. The summed E-state index contributed by atoms with van der Waals surface area (Å²) < 4.78 is 11.3. The second-order valence-corrected chi connectivity index (χ2v) is 7.58. The number of hydrogen-bond donors (Lipinski definition) is 1. The van der Waals surface area contributed by atoms with Gasteiger partial charge in [0.2, 0.25) is 5.75 Å². The highest BCUT2D eigenvalue weighted by molar-refractivity contribution is 5.73. The molecule has 0 atom stereocenters. The highest BCUT2D eigenvalue weighted by Crippen LogP contribution is 2.42. The second kappa shape index (κ2) is 8.16. The Kier molecular flexibility index (Phi) is 5.41. The summed E-state index contributed by atoms with van der Waals surface area (Å²) >= 11 is 0. The third-order valence-electron chi connectivity index (χ3n) is 5.32. The van der Waals surface area contributed by atoms with Gasteiger partial charge in [-0.25, -0.2) is 0 Å². The smallest absolute Gasteiger partial charge is 0.315 e. The van der Waals surface area contributed by atoms with Gasteiger partial charge in [0.1, 0.15) is 6.61 Å². The molecule has 8 nitrogen and oxygen atoms in total. The summed E-state index contributed by atoms with van der Waals surface area (Å²) in [5.74, 6) is 0.432. The second-order valence-electron chi connectivity index (χ2n) is 7.58. The molecule has 1 aromatic heterocycles. The Morgan fingerprint density at radius 2 is 2.13 bits per heavy atom. The monoisotopic (exact) mass is 408 g/mol. The van der Waals surface area contributed by atoms with Gasteiger partial charge in [-0.1, -0.05) is 29.8 Å². The van der Waals surface area contributed by atoms with Crippen molar-refractivity contribution in [1.29, 1.82) is 0 Å². The number of benzene rings is 2. The molecule has 0 radical (unpaired) electrons. The van der Waals surface area contributed by atoms with Gasteiger partial charge in [0, 0.05) is 42.4 Å². The maximum Gasteiger partial charge on any atom is 0.315 e. The van der Waals surface area contributed by atoms with Crippen LogP contribution < -0.4 is 9.47 Å². The molecule has 0 spiro atoms. The van der Waals surface area contributed by atoms with E-state index in [1.54, 1.807) is 6.07 Å². The lowest BCUT2D eigenvalue weighted by molar-refractivity contribution is -0.386. The van der Waals surface area contributed by atoms with Crippen LogP contribution in [0.15, 0.2) is 36.4 Å². The first kappa shape index (κ1) is 19.9. The SMILES string of the molecule is COc1cc(-c2n[nH]c3c2CN(C)CC3)cc([N+](=O)[O-])c1OCc1cccc(C)c1. The van der Waals surface area contributed by atoms with E-state index < -0.39 is 4.92 Å². The first-order valence-corrected chi connectivity index (χ1v) is 9.76. The molecule has 0 amide bonds. The van der Waals surface area contributed by atoms with Crippen LogP contribution in [0.2, 0.25) is 0 Å². The first-order chi connectivity index (χ1) is 14.5. The Morgan fingerprint density at radius 3 is 2.87 bits per heavy atom. The molecule has 0 saturated heterocycles. The third kappa shape index (κ3) is 3.86. The molecule has 30 heavy (non-hydrogen) atoms. The van der Waals surface area contributed by atoms with E-state index in [0.29, 0.717) is 17.0 Å². The largest absolute Gasteiger partial charge is 0.493 e. The Bertz CT molecular complexity index is 1090. The van der Waals surface area contributed by atoms with Crippen molar-refractivity contribution in [2.24, 2.45) is 0 Å². The summed E-state index contributed by atoms with van der Waals surface area (Å²) in [7, 11) is 3.53. The minimum atomic E-state index is -0.442. The van der Waals surface area contributed by atoms with E-state index in [-0.39, 0.29) is 18.0 Å². The number of nitrogens with zero attached hydrogens (tertiary/aromatic N) is 3. The molecular weight excluding hydrogens is 384 g/mol. The molecule has 0 saturated carbocycles. The van der Waals surface area contributed by atoms with Crippen LogP contribution in [0, 0.1) is 17.0 Å². The fraction of sp³-hybridized carbons (Fsp3) is 0.318. The van der Waals surface area contributed by atoms with Gasteiger partial charge in [0.05, 0.1) is 17.7 Å². The predicted molar refractivity (Wildman–Crippen MR) is 113 cm³/mol. The van der Waals surface area contributed by atoms with E-state index in [1.165, 1.54) is 13.2 Å². The number of nitrogens with one attached hydrogen (secondary N) is 1. The molecule has 4 rings (SSSR count). The number of H-pyrrole nitrogens is 1. The number of ether oxygens (including phenoxy) is 2. The van der Waals surface area contributed by atoms with Crippen molar-refractivity contribution in [2.75, 3.05) is 20.7 Å². The van der Waals surface area contributed by atoms with Crippen LogP contribution in [0.3, 0.4) is 0 Å². The van der Waals surface area contributed by atoms with E-state index in [2.05, 4.69) is 15.1 Å². The number of hydrogen-bond acceptors (Lipinski definition) is 6. The Hall–Kier alpha value is -3.39. The maximum absolute atomic E-state index is 11.9. The molecule has 0 aliphatic carbocycles. The number of aromatic amines is 1. The van der Waals surface area contributed by atoms with Gasteiger partial charge in [0.25, 0.3) is 0 Å². The van der Waals surface area contributed by atoms with E-state index in [1.807, 2.05) is 38.2 Å². The lowest BCUT2D eigenvalue weighted by Gasteiger charge is -2.22. The van der Waals surface area contributed by atoms with Gasteiger partial charge in [-0.2, -0.15) is 5.10 Å². The fourth-order valence-electron chi connectivity index (χ4n) is 3.78. The van der Waals surface area contributed by atoms with Crippen molar-refractivity contribution in [2.45, 2.75) is 26.5 Å². The van der Waals surface area contributed by atoms with Crippen molar-refractivity contribution in [3.8, 4) is 22.8 Å². The van der Waals surface area contributed by atoms with E-state index in [9.17, 15) is 10.1 Å². The predicted octanol–water partition coefficient (Wildman–Crippen LogP) is 3.87. The number of methoxy groups -OCH3 is 1. The molecule has 3 aromatic rings. The molecule has 156 valence electrons. The number of rotatable bonds is 6. The zero-order valence-electron chi connectivity index (χ0n) is 17.3. The molecule has 1 N–H and O–H groups in total. The van der Waals surface area contributed by atoms with Crippen molar-refractivity contribution in [3.05, 3.63) is 68.9 Å². The molecule has 1 aliphatic rings. The van der Waals surface area contributed by atoms with Gasteiger partial charge >= 0.3 is 5.69 Å². The van der Waals surface area contributed by atoms with Gasteiger partial charge < -0.3 is 14.4 Å². The standard InChI is InChI=1S/C22H24N4O4/c1-14-5-4-6-15(9-14)13-30-22-19(26(27)28)10-16(11-20(22)29-3)21-17-12-25(2)8-7-18(17)23-24-21/h4-6,9-11H,7-8,12-13H2,1-3H3,(H,23,24). The van der Waals surface area contributed by atoms with Gasteiger partial charge in [0.15, 0.2) is 5.75 Å². The van der Waals surface area contributed by atoms with Gasteiger partial charge in [-0.3, -0.25) is 15.2 Å². The minimum Gasteiger partial charge on any atom is -0.493 e. The summed E-state index contributed by atoms with van der Waals surface area (Å²) in [6.07, 6.45) is 0.871. The molecule has 2 heterocycles. The van der Waals surface area contributed by atoms with Crippen LogP contribution in [0.25, 0.3) is 11.3 Å². The molecule has 8 heteroatoms. The molecule has 0 bridgehead atoms. The molecule has 2 aromatic carbocycles. The van der Waals surface area contributed by atoms with Crippen molar-refractivity contribution in [3.63, 3.8) is 0 Å². The number of likely N-dealkylation sites (N-methyl/N-ethyl adjacent to an activating group) is 1. The Labute approximate surface area is 174 Å². The van der Waals surface area contributed by atoms with Gasteiger partial charge in [-0.15, -0.1) is 0 Å². The lowest BCUT2D eigenvalue weighted by Crippen LogP contribution is -2.26. The average molecular weight is 408 g/mol. The average Bonchev–Trinajstić information content (AvgIpc) is 3.14. The normalized spacial score (nSPS) is 13.7. The number of aromatic nitrogens is 2. The summed E-state index contributed by atoms with van der Waals surface area (Å²) in [6.45, 7) is 3.89. The van der Waals surface area contributed by atoms with E-state index >= 15 is 0 Å². The Morgan fingerprint density at radius 1 is 1.30 bits per heavy atom. The highest BCUT2D eigenvalue weighted by Gasteiger charge is 2.27. The maximum atomic E-state index is 11.9. The number of fused-ring (bicyclic) bond motifs is 1. The molecular formula is C22H24N4O4.